The van der Waals surface area contributed by atoms with Gasteiger partial charge in [0.2, 0.25) is 10.0 Å². The van der Waals surface area contributed by atoms with Crippen LogP contribution in [0.3, 0.4) is 0 Å². The molecular weight excluding hydrogens is 362 g/mol. The molecule has 2 N–H and O–H groups in total. The first-order valence-electron chi connectivity index (χ1n) is 5.55. The second-order valence-corrected chi connectivity index (χ2v) is 7.15. The van der Waals surface area contributed by atoms with Crippen LogP contribution in [0.25, 0.3) is 0 Å². The molecule has 0 radical (unpaired) electrons. The fraction of sp³-hybridized carbons (Fsp3) is 0.0769. The molecule has 7 heteroatoms. The van der Waals surface area contributed by atoms with Crippen molar-refractivity contribution in [3.8, 4) is 11.5 Å². The molecule has 2 aromatic rings. The predicted octanol–water partition coefficient (Wildman–Crippen LogP) is 3.61. The van der Waals surface area contributed by atoms with Crippen molar-refractivity contribution >= 4 is 37.7 Å². The first kappa shape index (κ1) is 15.4. The lowest BCUT2D eigenvalue weighted by molar-refractivity contribution is 0.467. The quantitative estimate of drug-likeness (QED) is 0.830. The molecule has 0 atom stereocenters. The van der Waals surface area contributed by atoms with Crippen LogP contribution in [-0.2, 0) is 10.0 Å². The van der Waals surface area contributed by atoms with E-state index in [1.807, 2.05) is 30.5 Å². The Labute approximate surface area is 130 Å². The van der Waals surface area contributed by atoms with E-state index >= 15 is 0 Å². The van der Waals surface area contributed by atoms with Gasteiger partial charge in [-0.15, -0.1) is 11.8 Å². The third-order valence-electron chi connectivity index (χ3n) is 2.52. The van der Waals surface area contributed by atoms with Crippen LogP contribution in [-0.4, -0.2) is 14.7 Å². The predicted molar refractivity (Wildman–Crippen MR) is 83.8 cm³/mol. The molecule has 4 nitrogen and oxygen atoms in total. The molecule has 2 rings (SSSR count). The molecule has 0 heterocycles. The number of nitrogens with two attached hydrogens (primary N) is 1. The molecule has 0 aromatic heterocycles. The van der Waals surface area contributed by atoms with Crippen molar-refractivity contribution in [2.45, 2.75) is 9.79 Å². The number of hydrogen-bond donors (Lipinski definition) is 1. The first-order chi connectivity index (χ1) is 9.41. The third kappa shape index (κ3) is 3.54. The van der Waals surface area contributed by atoms with Crippen LogP contribution >= 0.6 is 27.7 Å². The molecule has 2 aromatic carbocycles. The average molecular weight is 374 g/mol. The summed E-state index contributed by atoms with van der Waals surface area (Å²) in [6.07, 6.45) is 1.96. The molecule has 20 heavy (non-hydrogen) atoms. The number of thioether (sulfide) groups is 1. The molecule has 0 unspecified atom stereocenters. The van der Waals surface area contributed by atoms with Gasteiger partial charge in [-0.2, -0.15) is 0 Å². The van der Waals surface area contributed by atoms with Crippen molar-refractivity contribution < 1.29 is 13.2 Å². The van der Waals surface area contributed by atoms with E-state index in [4.69, 9.17) is 9.88 Å². The van der Waals surface area contributed by atoms with Crippen LogP contribution < -0.4 is 9.88 Å². The zero-order valence-corrected chi connectivity index (χ0v) is 13.8. The molecule has 0 amide bonds. The highest BCUT2D eigenvalue weighted by molar-refractivity contribution is 9.10. The second-order valence-electron chi connectivity index (χ2n) is 3.89. The summed E-state index contributed by atoms with van der Waals surface area (Å²) in [6.45, 7) is 0. The van der Waals surface area contributed by atoms with Crippen LogP contribution in [0.15, 0.2) is 56.7 Å². The Morgan fingerprint density at radius 3 is 2.45 bits per heavy atom. The van der Waals surface area contributed by atoms with Crippen LogP contribution in [0, 0.1) is 0 Å². The lowest BCUT2D eigenvalue weighted by Crippen LogP contribution is -2.11. The van der Waals surface area contributed by atoms with Crippen molar-refractivity contribution in [1.29, 1.82) is 0 Å². The fourth-order valence-electron chi connectivity index (χ4n) is 1.56. The van der Waals surface area contributed by atoms with E-state index in [-0.39, 0.29) is 4.90 Å². The van der Waals surface area contributed by atoms with E-state index in [0.717, 1.165) is 4.90 Å². The number of halogens is 1. The van der Waals surface area contributed by atoms with E-state index in [1.165, 1.54) is 12.1 Å². The maximum atomic E-state index is 11.3. The van der Waals surface area contributed by atoms with Crippen molar-refractivity contribution in [3.05, 3.63) is 46.9 Å². The van der Waals surface area contributed by atoms with Crippen molar-refractivity contribution in [1.82, 2.24) is 0 Å². The van der Waals surface area contributed by atoms with Crippen molar-refractivity contribution in [2.75, 3.05) is 6.26 Å². The summed E-state index contributed by atoms with van der Waals surface area (Å²) in [4.78, 5) is 1.03. The minimum atomic E-state index is -3.72. The molecule has 0 aliphatic carbocycles. The molecule has 0 saturated carbocycles. The van der Waals surface area contributed by atoms with E-state index in [2.05, 4.69) is 15.9 Å². The standard InChI is InChI=1S/C13H12BrNO3S2/c1-19-13-5-3-2-4-12(13)18-11-7-6-9(8-10(11)14)20(15,16)17/h2-8H,1H3,(H2,15,16,17). The van der Waals surface area contributed by atoms with Crippen molar-refractivity contribution in [2.24, 2.45) is 5.14 Å². The molecule has 0 aliphatic heterocycles. The molecule has 106 valence electrons. The Kier molecular flexibility index (Phi) is 4.74. The highest BCUT2D eigenvalue weighted by Gasteiger charge is 2.12. The van der Waals surface area contributed by atoms with Gasteiger partial charge in [0.25, 0.3) is 0 Å². The SMILES string of the molecule is CSc1ccccc1Oc1ccc(S(N)(=O)=O)cc1Br. The summed E-state index contributed by atoms with van der Waals surface area (Å²) < 4.78 is 28.9. The topological polar surface area (TPSA) is 69.4 Å². The van der Waals surface area contributed by atoms with Gasteiger partial charge in [-0.3, -0.25) is 0 Å². The lowest BCUT2D eigenvalue weighted by Gasteiger charge is -2.11. The van der Waals surface area contributed by atoms with E-state index < -0.39 is 10.0 Å². The summed E-state index contributed by atoms with van der Waals surface area (Å²) in [5.41, 5.74) is 0. The Morgan fingerprint density at radius 2 is 1.85 bits per heavy atom. The number of para-hydroxylation sites is 1. The van der Waals surface area contributed by atoms with Gasteiger partial charge in [0.05, 0.1) is 9.37 Å². The van der Waals surface area contributed by atoms with Gasteiger partial charge in [-0.25, -0.2) is 13.6 Å². The van der Waals surface area contributed by atoms with Gasteiger partial charge < -0.3 is 4.74 Å². The lowest BCUT2D eigenvalue weighted by atomic mass is 10.3. The first-order valence-corrected chi connectivity index (χ1v) is 9.11. The maximum absolute atomic E-state index is 11.3. The Bertz CT molecular complexity index is 732. The minimum Gasteiger partial charge on any atom is -0.455 e. The molecule has 0 aliphatic rings. The fourth-order valence-corrected chi connectivity index (χ4v) is 3.24. The van der Waals surface area contributed by atoms with Crippen LogP contribution in [0.4, 0.5) is 0 Å². The number of rotatable bonds is 4. The van der Waals surface area contributed by atoms with E-state index in [0.29, 0.717) is 16.0 Å². The normalized spacial score (nSPS) is 11.3. The van der Waals surface area contributed by atoms with Crippen LogP contribution in [0.2, 0.25) is 0 Å². The summed E-state index contributed by atoms with van der Waals surface area (Å²) in [6, 6.07) is 12.0. The second kappa shape index (κ2) is 6.17. The van der Waals surface area contributed by atoms with Gasteiger partial charge in [0.1, 0.15) is 11.5 Å². The molecule has 0 bridgehead atoms. The molecule has 0 saturated heterocycles. The summed E-state index contributed by atoms with van der Waals surface area (Å²) >= 11 is 4.86. The molecule has 0 fully saturated rings. The zero-order valence-electron chi connectivity index (χ0n) is 10.5. The Hall–Kier alpha value is -1.02. The largest absolute Gasteiger partial charge is 0.455 e. The van der Waals surface area contributed by atoms with Crippen LogP contribution in [0.1, 0.15) is 0 Å². The smallest absolute Gasteiger partial charge is 0.238 e. The number of benzene rings is 2. The average Bonchev–Trinajstić information content (AvgIpc) is 2.40. The van der Waals surface area contributed by atoms with Gasteiger partial charge in [0, 0.05) is 4.90 Å². The third-order valence-corrected chi connectivity index (χ3v) is 4.83. The maximum Gasteiger partial charge on any atom is 0.238 e. The van der Waals surface area contributed by atoms with Crippen LogP contribution in [0.5, 0.6) is 11.5 Å². The number of sulfonamides is 1. The van der Waals surface area contributed by atoms with Crippen molar-refractivity contribution in [3.63, 3.8) is 0 Å². The zero-order chi connectivity index (χ0) is 14.8. The van der Waals surface area contributed by atoms with Gasteiger partial charge >= 0.3 is 0 Å². The van der Waals surface area contributed by atoms with E-state index in [1.54, 1.807) is 17.8 Å². The summed E-state index contributed by atoms with van der Waals surface area (Å²) in [5.74, 6) is 1.24. The summed E-state index contributed by atoms with van der Waals surface area (Å²) in [7, 11) is -3.72. The molecular formula is C13H12BrNO3S2. The number of primary sulfonamides is 1. The Balaban J connectivity index is 2.35. The number of ether oxygens (including phenoxy) is 1. The summed E-state index contributed by atoms with van der Waals surface area (Å²) in [5, 5.41) is 5.08. The van der Waals surface area contributed by atoms with Gasteiger partial charge in [0.15, 0.2) is 0 Å². The minimum absolute atomic E-state index is 0.0369. The van der Waals surface area contributed by atoms with Gasteiger partial charge in [-0.05, 0) is 52.5 Å². The van der Waals surface area contributed by atoms with Gasteiger partial charge in [-0.1, -0.05) is 12.1 Å². The Morgan fingerprint density at radius 1 is 1.15 bits per heavy atom. The monoisotopic (exact) mass is 373 g/mol. The highest BCUT2D eigenvalue weighted by atomic mass is 79.9. The number of hydrogen-bond acceptors (Lipinski definition) is 4. The van der Waals surface area contributed by atoms with E-state index in [9.17, 15) is 8.42 Å². The molecule has 0 spiro atoms. The highest BCUT2D eigenvalue weighted by Crippen LogP contribution is 2.35.